The van der Waals surface area contributed by atoms with Gasteiger partial charge in [-0.15, -0.1) is 0 Å². The first-order valence-electron chi connectivity index (χ1n) is 8.73. The van der Waals surface area contributed by atoms with Gasteiger partial charge in [0.1, 0.15) is 5.75 Å². The quantitative estimate of drug-likeness (QED) is 0.428. The van der Waals surface area contributed by atoms with Crippen LogP contribution in [0.15, 0.2) is 72.8 Å². The zero-order valence-corrected chi connectivity index (χ0v) is 16.1. The van der Waals surface area contributed by atoms with Crippen LogP contribution < -0.4 is 10.0 Å². The largest absolute Gasteiger partial charge is 0.496 e. The van der Waals surface area contributed by atoms with Crippen LogP contribution in [0.1, 0.15) is 39.6 Å². The average molecular weight is 362 g/mol. The lowest BCUT2D eigenvalue weighted by Gasteiger charge is -2.19. The molecular formula is C23H23O2P. The summed E-state index contributed by atoms with van der Waals surface area (Å²) in [5.74, 6) is 0.958. The lowest BCUT2D eigenvalue weighted by atomic mass is 10.00. The molecule has 26 heavy (non-hydrogen) atoms. The second-order valence-corrected chi connectivity index (χ2v) is 7.97. The predicted molar refractivity (Wildman–Crippen MR) is 110 cm³/mol. The zero-order chi connectivity index (χ0) is 18.4. The number of hydrogen-bond acceptors (Lipinski definition) is 2. The van der Waals surface area contributed by atoms with E-state index in [0.717, 1.165) is 29.3 Å². The van der Waals surface area contributed by atoms with E-state index in [-0.39, 0.29) is 5.66 Å². The second kappa shape index (κ2) is 8.78. The summed E-state index contributed by atoms with van der Waals surface area (Å²) in [5.41, 5.74) is 4.71. The molecule has 0 saturated carbocycles. The van der Waals surface area contributed by atoms with Gasteiger partial charge in [0.15, 0.2) is 6.29 Å². The zero-order valence-electron chi connectivity index (χ0n) is 15.1. The molecule has 132 valence electrons. The number of carbonyl (C=O) groups is 1. The Kier molecular flexibility index (Phi) is 6.20. The van der Waals surface area contributed by atoms with Gasteiger partial charge in [-0.1, -0.05) is 88.3 Å². The molecule has 0 bridgehead atoms. The van der Waals surface area contributed by atoms with Gasteiger partial charge in [-0.3, -0.25) is 4.79 Å². The monoisotopic (exact) mass is 362 g/mol. The summed E-state index contributed by atoms with van der Waals surface area (Å²) < 4.78 is 5.80. The summed E-state index contributed by atoms with van der Waals surface area (Å²) >= 11 is 0. The highest BCUT2D eigenvalue weighted by molar-refractivity contribution is 7.47. The van der Waals surface area contributed by atoms with Crippen molar-refractivity contribution in [3.63, 3.8) is 0 Å². The van der Waals surface area contributed by atoms with E-state index in [1.54, 1.807) is 7.11 Å². The van der Waals surface area contributed by atoms with E-state index in [4.69, 9.17) is 4.74 Å². The standard InChI is InChI=1S/C23H23O2P/c1-17(26-22-14-7-6-11-20(22)16-24)21-13-8-12-19(23(21)25-2)15-18-9-4-3-5-10-18/h3-14,16-17,26H,15H2,1-2H3. The maximum absolute atomic E-state index is 11.3. The summed E-state index contributed by atoms with van der Waals surface area (Å²) in [6.45, 7) is 2.20. The Hall–Kier alpha value is -2.44. The minimum atomic E-state index is 0.279. The van der Waals surface area contributed by atoms with Crippen LogP contribution in [0.5, 0.6) is 5.75 Å². The van der Waals surface area contributed by atoms with Crippen molar-refractivity contribution in [1.29, 1.82) is 0 Å². The summed E-state index contributed by atoms with van der Waals surface area (Å²) in [5, 5.41) is 1.10. The lowest BCUT2D eigenvalue weighted by molar-refractivity contribution is 0.112. The molecule has 2 atom stereocenters. The number of carbonyl (C=O) groups excluding carboxylic acids is 1. The number of aldehydes is 1. The van der Waals surface area contributed by atoms with E-state index >= 15 is 0 Å². The van der Waals surface area contributed by atoms with Crippen LogP contribution >= 0.6 is 8.58 Å². The van der Waals surface area contributed by atoms with Crippen molar-refractivity contribution >= 4 is 20.2 Å². The Bertz CT molecular complexity index is 874. The van der Waals surface area contributed by atoms with Crippen molar-refractivity contribution in [3.8, 4) is 5.75 Å². The third-order valence-corrected chi connectivity index (χ3v) is 6.01. The molecule has 3 aromatic carbocycles. The SMILES string of the molecule is COc1c(Cc2ccccc2)cccc1C(C)Pc1ccccc1C=O. The minimum absolute atomic E-state index is 0.279. The van der Waals surface area contributed by atoms with E-state index in [0.29, 0.717) is 8.58 Å². The van der Waals surface area contributed by atoms with Crippen LogP contribution in [0.3, 0.4) is 0 Å². The molecule has 0 fully saturated rings. The molecule has 3 rings (SSSR count). The van der Waals surface area contributed by atoms with Gasteiger partial charge >= 0.3 is 0 Å². The highest BCUT2D eigenvalue weighted by Gasteiger charge is 2.16. The molecular weight excluding hydrogens is 339 g/mol. The van der Waals surface area contributed by atoms with Gasteiger partial charge in [-0.25, -0.2) is 0 Å². The van der Waals surface area contributed by atoms with Gasteiger partial charge in [0.2, 0.25) is 0 Å². The van der Waals surface area contributed by atoms with Crippen LogP contribution in [-0.4, -0.2) is 13.4 Å². The molecule has 0 amide bonds. The van der Waals surface area contributed by atoms with Gasteiger partial charge in [0, 0.05) is 23.2 Å². The number of benzene rings is 3. The molecule has 2 unspecified atom stereocenters. The Labute approximate surface area is 157 Å². The number of para-hydroxylation sites is 1. The lowest BCUT2D eigenvalue weighted by Crippen LogP contribution is -2.06. The fourth-order valence-corrected chi connectivity index (χ4v) is 4.54. The smallest absolute Gasteiger partial charge is 0.150 e. The fourth-order valence-electron chi connectivity index (χ4n) is 3.19. The molecule has 0 spiro atoms. The van der Waals surface area contributed by atoms with Gasteiger partial charge in [0.05, 0.1) is 7.11 Å². The van der Waals surface area contributed by atoms with Crippen molar-refractivity contribution in [1.82, 2.24) is 0 Å². The summed E-state index contributed by atoms with van der Waals surface area (Å²) in [6.07, 6.45) is 1.79. The first-order chi connectivity index (χ1) is 12.7. The Morgan fingerprint density at radius 3 is 2.42 bits per heavy atom. The summed E-state index contributed by atoms with van der Waals surface area (Å²) in [7, 11) is 2.25. The normalized spacial score (nSPS) is 12.2. The van der Waals surface area contributed by atoms with Crippen LogP contribution in [0.25, 0.3) is 0 Å². The number of ether oxygens (including phenoxy) is 1. The second-order valence-electron chi connectivity index (χ2n) is 6.27. The Morgan fingerprint density at radius 2 is 1.69 bits per heavy atom. The van der Waals surface area contributed by atoms with Crippen molar-refractivity contribution in [2.45, 2.75) is 19.0 Å². The highest BCUT2D eigenvalue weighted by atomic mass is 31.1. The number of rotatable bonds is 7. The molecule has 0 aliphatic carbocycles. The van der Waals surface area contributed by atoms with Gasteiger partial charge in [-0.05, 0) is 16.4 Å². The molecule has 2 nitrogen and oxygen atoms in total. The molecule has 0 radical (unpaired) electrons. The third-order valence-electron chi connectivity index (χ3n) is 4.49. The molecule has 0 heterocycles. The van der Waals surface area contributed by atoms with Gasteiger partial charge in [0.25, 0.3) is 0 Å². The van der Waals surface area contributed by atoms with E-state index in [2.05, 4.69) is 49.4 Å². The van der Waals surface area contributed by atoms with Crippen molar-refractivity contribution in [2.24, 2.45) is 0 Å². The molecule has 3 heteroatoms. The van der Waals surface area contributed by atoms with Crippen molar-refractivity contribution in [3.05, 3.63) is 95.1 Å². The molecule has 0 aromatic heterocycles. The summed E-state index contributed by atoms with van der Waals surface area (Å²) in [6, 6.07) is 24.6. The van der Waals surface area contributed by atoms with Gasteiger partial charge in [-0.2, -0.15) is 0 Å². The average Bonchev–Trinajstić information content (AvgIpc) is 2.69. The van der Waals surface area contributed by atoms with Gasteiger partial charge < -0.3 is 4.74 Å². The predicted octanol–water partition coefficient (Wildman–Crippen LogP) is 5.16. The maximum atomic E-state index is 11.3. The highest BCUT2D eigenvalue weighted by Crippen LogP contribution is 2.40. The molecule has 0 aliphatic heterocycles. The molecule has 0 aliphatic rings. The topological polar surface area (TPSA) is 26.3 Å². The Balaban J connectivity index is 1.89. The van der Waals surface area contributed by atoms with Crippen LogP contribution in [-0.2, 0) is 6.42 Å². The number of methoxy groups -OCH3 is 1. The van der Waals surface area contributed by atoms with Crippen molar-refractivity contribution < 1.29 is 9.53 Å². The van der Waals surface area contributed by atoms with Crippen LogP contribution in [0.2, 0.25) is 0 Å². The van der Waals surface area contributed by atoms with Crippen LogP contribution in [0, 0.1) is 0 Å². The fraction of sp³-hybridized carbons (Fsp3) is 0.174. The Morgan fingerprint density at radius 1 is 0.962 bits per heavy atom. The first-order valence-corrected chi connectivity index (χ1v) is 9.81. The van der Waals surface area contributed by atoms with E-state index < -0.39 is 0 Å². The molecule has 3 aromatic rings. The minimum Gasteiger partial charge on any atom is -0.496 e. The molecule has 0 N–H and O–H groups in total. The van der Waals surface area contributed by atoms with E-state index in [1.165, 1.54) is 16.7 Å². The van der Waals surface area contributed by atoms with Crippen LogP contribution in [0.4, 0.5) is 0 Å². The first kappa shape index (κ1) is 18.4. The summed E-state index contributed by atoms with van der Waals surface area (Å²) in [4.78, 5) is 11.3. The maximum Gasteiger partial charge on any atom is 0.150 e. The van der Waals surface area contributed by atoms with Crippen molar-refractivity contribution in [2.75, 3.05) is 7.11 Å². The third kappa shape index (κ3) is 4.20. The van der Waals surface area contributed by atoms with E-state index in [1.807, 2.05) is 30.3 Å². The number of hydrogen-bond donors (Lipinski definition) is 0. The molecule has 0 saturated heterocycles. The van der Waals surface area contributed by atoms with E-state index in [9.17, 15) is 4.79 Å².